The zero-order valence-electron chi connectivity index (χ0n) is 13.7. The quantitative estimate of drug-likeness (QED) is 0.441. The van der Waals surface area contributed by atoms with Crippen molar-refractivity contribution < 1.29 is 4.39 Å². The molecular weight excluding hydrogens is 404 g/mol. The van der Waals surface area contributed by atoms with Gasteiger partial charge in [0.25, 0.3) is 0 Å². The van der Waals surface area contributed by atoms with E-state index in [4.69, 9.17) is 0 Å². The highest BCUT2D eigenvalue weighted by atomic mass is 127. The third-order valence-corrected chi connectivity index (χ3v) is 3.49. The van der Waals surface area contributed by atoms with Gasteiger partial charge in [-0.2, -0.15) is 0 Å². The first-order chi connectivity index (χ1) is 10.6. The third kappa shape index (κ3) is 6.17. The van der Waals surface area contributed by atoms with Crippen LogP contribution >= 0.6 is 24.0 Å². The number of nitrogens with one attached hydrogen (secondary N) is 2. The van der Waals surface area contributed by atoms with Crippen LogP contribution in [0, 0.1) is 19.7 Å². The van der Waals surface area contributed by atoms with Crippen molar-refractivity contribution >= 4 is 29.9 Å². The summed E-state index contributed by atoms with van der Waals surface area (Å²) >= 11 is 0. The lowest BCUT2D eigenvalue weighted by atomic mass is 10.1. The van der Waals surface area contributed by atoms with Crippen molar-refractivity contribution in [1.82, 2.24) is 10.6 Å². The minimum atomic E-state index is -0.175. The van der Waals surface area contributed by atoms with Crippen molar-refractivity contribution in [2.75, 3.05) is 7.05 Å². The predicted octanol–water partition coefficient (Wildman–Crippen LogP) is 3.93. The molecule has 3 nitrogen and oxygen atoms in total. The number of guanidine groups is 1. The Hall–Kier alpha value is -1.63. The Bertz CT molecular complexity index is 654. The van der Waals surface area contributed by atoms with Gasteiger partial charge in [0, 0.05) is 20.1 Å². The maximum Gasteiger partial charge on any atom is 0.191 e. The van der Waals surface area contributed by atoms with Gasteiger partial charge in [0.05, 0.1) is 0 Å². The Morgan fingerprint density at radius 1 is 0.957 bits per heavy atom. The van der Waals surface area contributed by atoms with Crippen LogP contribution in [0.4, 0.5) is 4.39 Å². The highest BCUT2D eigenvalue weighted by molar-refractivity contribution is 14.0. The summed E-state index contributed by atoms with van der Waals surface area (Å²) in [5.41, 5.74) is 4.13. The first-order valence-corrected chi connectivity index (χ1v) is 7.33. The fourth-order valence-electron chi connectivity index (χ4n) is 2.11. The number of rotatable bonds is 4. The van der Waals surface area contributed by atoms with E-state index >= 15 is 0 Å². The number of aryl methyl sites for hydroxylation is 2. The topological polar surface area (TPSA) is 36.4 Å². The van der Waals surface area contributed by atoms with Gasteiger partial charge >= 0.3 is 0 Å². The second kappa shape index (κ2) is 9.50. The Morgan fingerprint density at radius 3 is 2.09 bits per heavy atom. The number of hydrogen-bond donors (Lipinski definition) is 2. The average molecular weight is 427 g/mol. The Labute approximate surface area is 154 Å². The first-order valence-electron chi connectivity index (χ1n) is 7.33. The largest absolute Gasteiger partial charge is 0.352 e. The molecule has 2 rings (SSSR count). The Morgan fingerprint density at radius 2 is 1.52 bits per heavy atom. The molecule has 2 N–H and O–H groups in total. The van der Waals surface area contributed by atoms with Crippen LogP contribution in [0.25, 0.3) is 0 Å². The lowest BCUT2D eigenvalue weighted by molar-refractivity contribution is 0.617. The summed E-state index contributed by atoms with van der Waals surface area (Å²) < 4.78 is 13.2. The summed E-state index contributed by atoms with van der Waals surface area (Å²) in [5, 5.41) is 6.50. The molecule has 0 aliphatic carbocycles. The van der Waals surface area contributed by atoms with Crippen LogP contribution in [0.5, 0.6) is 0 Å². The van der Waals surface area contributed by atoms with Crippen LogP contribution in [0.15, 0.2) is 47.5 Å². The van der Waals surface area contributed by atoms with Crippen molar-refractivity contribution in [3.63, 3.8) is 0 Å². The molecule has 2 aromatic rings. The summed E-state index contributed by atoms with van der Waals surface area (Å²) in [6, 6.07) is 13.5. The number of halogens is 2. The maximum atomic E-state index is 13.2. The SMILES string of the molecule is CN=C(NCc1ccc(C)cc1)NCc1ccc(F)c(C)c1.I. The van der Waals surface area contributed by atoms with E-state index in [1.807, 2.05) is 6.07 Å². The van der Waals surface area contributed by atoms with E-state index in [1.165, 1.54) is 17.2 Å². The molecule has 5 heteroatoms. The summed E-state index contributed by atoms with van der Waals surface area (Å²) in [4.78, 5) is 4.20. The molecule has 124 valence electrons. The molecule has 0 saturated carbocycles. The highest BCUT2D eigenvalue weighted by Crippen LogP contribution is 2.09. The second-order valence-electron chi connectivity index (χ2n) is 5.35. The summed E-state index contributed by atoms with van der Waals surface area (Å²) in [6.07, 6.45) is 0. The molecule has 2 aromatic carbocycles. The van der Waals surface area contributed by atoms with E-state index in [0.717, 1.165) is 11.5 Å². The highest BCUT2D eigenvalue weighted by Gasteiger charge is 2.01. The van der Waals surface area contributed by atoms with E-state index in [1.54, 1.807) is 20.0 Å². The van der Waals surface area contributed by atoms with Gasteiger partial charge in [-0.25, -0.2) is 4.39 Å². The van der Waals surface area contributed by atoms with E-state index in [0.29, 0.717) is 18.7 Å². The van der Waals surface area contributed by atoms with Gasteiger partial charge in [-0.15, -0.1) is 24.0 Å². The van der Waals surface area contributed by atoms with Crippen LogP contribution in [0.2, 0.25) is 0 Å². The molecule has 0 aliphatic rings. The summed E-state index contributed by atoms with van der Waals surface area (Å²) in [7, 11) is 1.74. The molecular formula is C18H23FIN3. The first kappa shape index (κ1) is 19.4. The smallest absolute Gasteiger partial charge is 0.191 e. The molecule has 0 amide bonds. The van der Waals surface area contributed by atoms with Crippen LogP contribution in [0.3, 0.4) is 0 Å². The lowest BCUT2D eigenvalue weighted by Crippen LogP contribution is -2.36. The number of aliphatic imine (C=N–C) groups is 1. The molecule has 0 spiro atoms. The fraction of sp³-hybridized carbons (Fsp3) is 0.278. The van der Waals surface area contributed by atoms with Crippen LogP contribution in [0.1, 0.15) is 22.3 Å². The normalized spacial score (nSPS) is 10.9. The van der Waals surface area contributed by atoms with Crippen molar-refractivity contribution in [1.29, 1.82) is 0 Å². The molecule has 0 heterocycles. The van der Waals surface area contributed by atoms with Crippen molar-refractivity contribution in [2.24, 2.45) is 4.99 Å². The minimum Gasteiger partial charge on any atom is -0.352 e. The van der Waals surface area contributed by atoms with Crippen molar-refractivity contribution in [3.8, 4) is 0 Å². The average Bonchev–Trinajstić information content (AvgIpc) is 2.52. The predicted molar refractivity (Wildman–Crippen MR) is 105 cm³/mol. The number of hydrogen-bond acceptors (Lipinski definition) is 1. The van der Waals surface area contributed by atoms with Gasteiger partial charge < -0.3 is 10.6 Å². The molecule has 0 atom stereocenters. The molecule has 0 radical (unpaired) electrons. The molecule has 0 aliphatic heterocycles. The Kier molecular flexibility index (Phi) is 8.02. The standard InChI is InChI=1S/C18H22FN3.HI/c1-13-4-6-15(7-5-13)11-21-18(20-3)22-12-16-8-9-17(19)14(2)10-16;/h4-10H,11-12H2,1-3H3,(H2,20,21,22);1H. The molecule has 0 fully saturated rings. The molecule has 23 heavy (non-hydrogen) atoms. The van der Waals surface area contributed by atoms with E-state index in [9.17, 15) is 4.39 Å². The monoisotopic (exact) mass is 427 g/mol. The Balaban J connectivity index is 0.00000264. The van der Waals surface area contributed by atoms with E-state index in [2.05, 4.69) is 46.8 Å². The van der Waals surface area contributed by atoms with Crippen LogP contribution < -0.4 is 10.6 Å². The number of benzene rings is 2. The fourth-order valence-corrected chi connectivity index (χ4v) is 2.11. The second-order valence-corrected chi connectivity index (χ2v) is 5.35. The molecule has 0 bridgehead atoms. The summed E-state index contributed by atoms with van der Waals surface area (Å²) in [6.45, 7) is 5.16. The van der Waals surface area contributed by atoms with Crippen molar-refractivity contribution in [3.05, 3.63) is 70.5 Å². The third-order valence-electron chi connectivity index (χ3n) is 3.49. The molecule has 0 saturated heterocycles. The zero-order chi connectivity index (χ0) is 15.9. The maximum absolute atomic E-state index is 13.2. The van der Waals surface area contributed by atoms with Crippen molar-refractivity contribution in [2.45, 2.75) is 26.9 Å². The van der Waals surface area contributed by atoms with E-state index < -0.39 is 0 Å². The van der Waals surface area contributed by atoms with Crippen LogP contribution in [-0.4, -0.2) is 13.0 Å². The van der Waals surface area contributed by atoms with Gasteiger partial charge in [-0.05, 0) is 36.6 Å². The van der Waals surface area contributed by atoms with Gasteiger partial charge in [0.15, 0.2) is 5.96 Å². The lowest BCUT2D eigenvalue weighted by Gasteiger charge is -2.12. The minimum absolute atomic E-state index is 0. The zero-order valence-corrected chi connectivity index (χ0v) is 16.0. The molecule has 0 unspecified atom stereocenters. The van der Waals surface area contributed by atoms with E-state index in [-0.39, 0.29) is 29.8 Å². The van der Waals surface area contributed by atoms with Gasteiger partial charge in [0.1, 0.15) is 5.82 Å². The van der Waals surface area contributed by atoms with Gasteiger partial charge in [-0.3, -0.25) is 4.99 Å². The molecule has 0 aromatic heterocycles. The van der Waals surface area contributed by atoms with Gasteiger partial charge in [-0.1, -0.05) is 42.0 Å². The van der Waals surface area contributed by atoms with Crippen LogP contribution in [-0.2, 0) is 13.1 Å². The summed E-state index contributed by atoms with van der Waals surface area (Å²) in [5.74, 6) is 0.549. The number of nitrogens with zero attached hydrogens (tertiary/aromatic N) is 1. The van der Waals surface area contributed by atoms with Gasteiger partial charge in [0.2, 0.25) is 0 Å².